The third-order valence-electron chi connectivity index (χ3n) is 4.75. The van der Waals surface area contributed by atoms with Crippen LogP contribution in [0.4, 0.5) is 0 Å². The molecular formula is C16H29N3O3. The molecule has 0 aromatic carbocycles. The van der Waals surface area contributed by atoms with Crippen LogP contribution in [0.3, 0.4) is 0 Å². The maximum Gasteiger partial charge on any atom is 0.305 e. The molecule has 1 heterocycles. The lowest BCUT2D eigenvalue weighted by molar-refractivity contribution is -0.142. The summed E-state index contributed by atoms with van der Waals surface area (Å²) < 4.78 is 4.79. The van der Waals surface area contributed by atoms with E-state index < -0.39 is 0 Å². The van der Waals surface area contributed by atoms with Gasteiger partial charge in [-0.3, -0.25) is 14.5 Å². The van der Waals surface area contributed by atoms with Crippen LogP contribution in [0.25, 0.3) is 0 Å². The van der Waals surface area contributed by atoms with Crippen molar-refractivity contribution in [2.24, 2.45) is 11.7 Å². The summed E-state index contributed by atoms with van der Waals surface area (Å²) in [4.78, 5) is 24.8. The first kappa shape index (κ1) is 17.2. The third-order valence-corrected chi connectivity index (χ3v) is 4.75. The first-order valence-corrected chi connectivity index (χ1v) is 8.40. The molecule has 1 saturated carbocycles. The number of ether oxygens (including phenoxy) is 1. The zero-order valence-electron chi connectivity index (χ0n) is 13.6. The van der Waals surface area contributed by atoms with Crippen LogP contribution in [0.15, 0.2) is 0 Å². The molecule has 0 spiro atoms. The van der Waals surface area contributed by atoms with Gasteiger partial charge < -0.3 is 15.8 Å². The van der Waals surface area contributed by atoms with Crippen LogP contribution in [0.1, 0.15) is 44.9 Å². The highest BCUT2D eigenvalue weighted by Crippen LogP contribution is 2.23. The van der Waals surface area contributed by atoms with E-state index in [0.717, 1.165) is 19.5 Å². The average molecular weight is 311 g/mol. The van der Waals surface area contributed by atoms with Crippen molar-refractivity contribution in [3.63, 3.8) is 0 Å². The van der Waals surface area contributed by atoms with E-state index in [2.05, 4.69) is 10.2 Å². The highest BCUT2D eigenvalue weighted by molar-refractivity contribution is 5.76. The number of primary amides is 1. The Kier molecular flexibility index (Phi) is 6.64. The first-order chi connectivity index (χ1) is 10.6. The molecule has 1 aliphatic heterocycles. The maximum absolute atomic E-state index is 11.6. The van der Waals surface area contributed by atoms with E-state index in [1.807, 2.05) is 0 Å². The van der Waals surface area contributed by atoms with Crippen LogP contribution in [-0.4, -0.2) is 55.6 Å². The number of methoxy groups -OCH3 is 1. The average Bonchev–Trinajstić information content (AvgIpc) is 2.47. The SMILES string of the molecule is COC(=O)CC1CC(NC2CCCCC2)CN(CC(N)=O)C1. The second-order valence-corrected chi connectivity index (χ2v) is 6.74. The Morgan fingerprint density at radius 1 is 1.18 bits per heavy atom. The van der Waals surface area contributed by atoms with Gasteiger partial charge in [0, 0.05) is 31.6 Å². The molecule has 6 heteroatoms. The van der Waals surface area contributed by atoms with Crippen LogP contribution < -0.4 is 11.1 Å². The summed E-state index contributed by atoms with van der Waals surface area (Å²) in [7, 11) is 1.42. The standard InChI is InChI=1S/C16H29N3O3/c1-22-16(21)8-12-7-14(10-19(9-12)11-15(17)20)18-13-5-3-2-4-6-13/h12-14,18H,2-11H2,1H3,(H2,17,20). The van der Waals surface area contributed by atoms with E-state index in [4.69, 9.17) is 10.5 Å². The fourth-order valence-corrected chi connectivity index (χ4v) is 3.84. The number of esters is 1. The second kappa shape index (κ2) is 8.48. The Bertz CT molecular complexity index is 383. The molecule has 2 fully saturated rings. The van der Waals surface area contributed by atoms with E-state index in [0.29, 0.717) is 18.5 Å². The normalized spacial score (nSPS) is 27.5. The van der Waals surface area contributed by atoms with Crippen LogP contribution in [-0.2, 0) is 14.3 Å². The van der Waals surface area contributed by atoms with Crippen molar-refractivity contribution in [3.8, 4) is 0 Å². The molecule has 0 aromatic rings. The fraction of sp³-hybridized carbons (Fsp3) is 0.875. The Balaban J connectivity index is 1.91. The minimum atomic E-state index is -0.310. The van der Waals surface area contributed by atoms with E-state index in [1.54, 1.807) is 0 Å². The van der Waals surface area contributed by atoms with Crippen LogP contribution in [0.2, 0.25) is 0 Å². The summed E-state index contributed by atoms with van der Waals surface area (Å²) in [5.41, 5.74) is 5.33. The number of likely N-dealkylation sites (tertiary alicyclic amines) is 1. The van der Waals surface area contributed by atoms with Crippen molar-refractivity contribution in [2.45, 2.75) is 57.0 Å². The lowest BCUT2D eigenvalue weighted by Gasteiger charge is -2.39. The van der Waals surface area contributed by atoms with Crippen molar-refractivity contribution in [1.29, 1.82) is 0 Å². The zero-order chi connectivity index (χ0) is 15.9. The monoisotopic (exact) mass is 311 g/mol. The lowest BCUT2D eigenvalue weighted by atomic mass is 9.89. The fourth-order valence-electron chi connectivity index (χ4n) is 3.84. The predicted molar refractivity (Wildman–Crippen MR) is 84.2 cm³/mol. The van der Waals surface area contributed by atoms with Gasteiger partial charge in [-0.1, -0.05) is 19.3 Å². The summed E-state index contributed by atoms with van der Waals surface area (Å²) in [6.07, 6.45) is 7.75. The van der Waals surface area contributed by atoms with Gasteiger partial charge in [0.2, 0.25) is 5.91 Å². The molecule has 0 bridgehead atoms. The molecule has 1 aliphatic carbocycles. The van der Waals surface area contributed by atoms with E-state index in [-0.39, 0.29) is 24.3 Å². The number of nitrogens with zero attached hydrogens (tertiary/aromatic N) is 1. The highest BCUT2D eigenvalue weighted by Gasteiger charge is 2.30. The van der Waals surface area contributed by atoms with Gasteiger partial charge >= 0.3 is 5.97 Å². The number of carbonyl (C=O) groups excluding carboxylic acids is 2. The van der Waals surface area contributed by atoms with Crippen molar-refractivity contribution >= 4 is 11.9 Å². The third kappa shape index (κ3) is 5.57. The number of hydrogen-bond donors (Lipinski definition) is 2. The number of hydrogen-bond acceptors (Lipinski definition) is 5. The first-order valence-electron chi connectivity index (χ1n) is 8.40. The smallest absolute Gasteiger partial charge is 0.305 e. The van der Waals surface area contributed by atoms with Crippen molar-refractivity contribution < 1.29 is 14.3 Å². The molecule has 2 rings (SSSR count). The van der Waals surface area contributed by atoms with Gasteiger partial charge in [0.1, 0.15) is 0 Å². The molecule has 0 radical (unpaired) electrons. The number of rotatable bonds is 6. The van der Waals surface area contributed by atoms with E-state index in [9.17, 15) is 9.59 Å². The molecule has 2 unspecified atom stereocenters. The summed E-state index contributed by atoms with van der Waals surface area (Å²) in [5, 5.41) is 3.74. The van der Waals surface area contributed by atoms with Crippen molar-refractivity contribution in [3.05, 3.63) is 0 Å². The lowest BCUT2D eigenvalue weighted by Crippen LogP contribution is -2.54. The second-order valence-electron chi connectivity index (χ2n) is 6.74. The van der Waals surface area contributed by atoms with Gasteiger partial charge in [0.05, 0.1) is 13.7 Å². The number of piperidine rings is 1. The van der Waals surface area contributed by atoms with Gasteiger partial charge in [-0.2, -0.15) is 0 Å². The molecule has 3 N–H and O–H groups in total. The van der Waals surface area contributed by atoms with Gasteiger partial charge in [-0.05, 0) is 25.2 Å². The number of nitrogens with one attached hydrogen (secondary N) is 1. The molecular weight excluding hydrogens is 282 g/mol. The Morgan fingerprint density at radius 2 is 1.91 bits per heavy atom. The minimum Gasteiger partial charge on any atom is -0.469 e. The molecule has 6 nitrogen and oxygen atoms in total. The number of nitrogens with two attached hydrogens (primary N) is 1. The van der Waals surface area contributed by atoms with E-state index in [1.165, 1.54) is 39.2 Å². The summed E-state index contributed by atoms with van der Waals surface area (Å²) in [6.45, 7) is 1.83. The molecule has 2 aliphatic rings. The molecule has 2 atom stereocenters. The van der Waals surface area contributed by atoms with Gasteiger partial charge in [0.25, 0.3) is 0 Å². The van der Waals surface area contributed by atoms with Gasteiger partial charge in [-0.25, -0.2) is 0 Å². The molecule has 0 aromatic heterocycles. The largest absolute Gasteiger partial charge is 0.469 e. The van der Waals surface area contributed by atoms with Crippen LogP contribution in [0, 0.1) is 5.92 Å². The van der Waals surface area contributed by atoms with Crippen LogP contribution in [0.5, 0.6) is 0 Å². The predicted octanol–water partition coefficient (Wildman–Crippen LogP) is 0.648. The molecule has 22 heavy (non-hydrogen) atoms. The Labute approximate surface area is 132 Å². The Hall–Kier alpha value is -1.14. The minimum absolute atomic E-state index is 0.178. The molecule has 1 amide bonds. The van der Waals surface area contributed by atoms with Gasteiger partial charge in [0.15, 0.2) is 0 Å². The van der Waals surface area contributed by atoms with Crippen molar-refractivity contribution in [1.82, 2.24) is 10.2 Å². The number of carbonyl (C=O) groups is 2. The van der Waals surface area contributed by atoms with Crippen molar-refractivity contribution in [2.75, 3.05) is 26.7 Å². The van der Waals surface area contributed by atoms with Gasteiger partial charge in [-0.15, -0.1) is 0 Å². The molecule has 1 saturated heterocycles. The number of amides is 1. The summed E-state index contributed by atoms with van der Waals surface area (Å²) in [5.74, 6) is -0.265. The molecule has 126 valence electrons. The topological polar surface area (TPSA) is 84.7 Å². The Morgan fingerprint density at radius 3 is 2.55 bits per heavy atom. The zero-order valence-corrected chi connectivity index (χ0v) is 13.6. The van der Waals surface area contributed by atoms with Crippen LogP contribution >= 0.6 is 0 Å². The highest BCUT2D eigenvalue weighted by atomic mass is 16.5. The summed E-state index contributed by atoms with van der Waals surface area (Å²) in [6, 6.07) is 0.900. The quantitative estimate of drug-likeness (QED) is 0.704. The summed E-state index contributed by atoms with van der Waals surface area (Å²) >= 11 is 0. The maximum atomic E-state index is 11.6. The van der Waals surface area contributed by atoms with E-state index >= 15 is 0 Å².